The zero-order chi connectivity index (χ0) is 24.4. The van der Waals surface area contributed by atoms with E-state index in [1.165, 1.54) is 4.90 Å². The molecule has 0 saturated carbocycles. The standard InChI is InChI=1S/C25H31N5O3S/c1-14(2)22(20-11-26-16(4)29-20)25(33)30-12-19(31)9-21(30)24(32)27-10-17-5-7-18(8-6-17)23-15(3)28-13-34-23/h5-8,11,13-14,19,21-22,31H,9-10,12H2,1-4H3,(H,26,29)(H,27,32)/t19-,21+,22?/m1/s1. The van der Waals surface area contributed by atoms with Crippen molar-refractivity contribution in [1.29, 1.82) is 0 Å². The number of carbonyl (C=O) groups is 2. The SMILES string of the molecule is Cc1ncc(C(C(=O)N2C[C@H](O)C[C@H]2C(=O)NCc2ccc(-c3scnc3C)cc2)C(C)C)[nH]1. The van der Waals surface area contributed by atoms with Crippen LogP contribution in [0.5, 0.6) is 0 Å². The predicted octanol–water partition coefficient (Wildman–Crippen LogP) is 3.17. The molecule has 1 aromatic carbocycles. The molecule has 4 rings (SSSR count). The summed E-state index contributed by atoms with van der Waals surface area (Å²) in [6, 6.07) is 7.31. The van der Waals surface area contributed by atoms with Crippen molar-refractivity contribution in [2.24, 2.45) is 5.92 Å². The van der Waals surface area contributed by atoms with Crippen molar-refractivity contribution < 1.29 is 14.7 Å². The summed E-state index contributed by atoms with van der Waals surface area (Å²) in [6.07, 6.45) is 1.18. The Hall–Kier alpha value is -3.04. The molecule has 1 aliphatic heterocycles. The molecule has 0 radical (unpaired) electrons. The van der Waals surface area contributed by atoms with Crippen LogP contribution in [0.15, 0.2) is 36.0 Å². The van der Waals surface area contributed by atoms with Crippen molar-refractivity contribution in [3.05, 3.63) is 58.7 Å². The summed E-state index contributed by atoms with van der Waals surface area (Å²) in [5.74, 6) is -0.130. The second kappa shape index (κ2) is 10.1. The van der Waals surface area contributed by atoms with Crippen molar-refractivity contribution in [2.75, 3.05) is 6.54 Å². The lowest BCUT2D eigenvalue weighted by Crippen LogP contribution is -2.48. The fourth-order valence-corrected chi connectivity index (χ4v) is 5.33. The van der Waals surface area contributed by atoms with Gasteiger partial charge in [0.05, 0.1) is 28.1 Å². The first-order valence-corrected chi connectivity index (χ1v) is 12.4. The van der Waals surface area contributed by atoms with E-state index >= 15 is 0 Å². The van der Waals surface area contributed by atoms with E-state index in [0.29, 0.717) is 6.54 Å². The topological polar surface area (TPSA) is 111 Å². The third-order valence-electron chi connectivity index (χ3n) is 6.28. The zero-order valence-corrected chi connectivity index (χ0v) is 20.7. The van der Waals surface area contributed by atoms with Gasteiger partial charge in [0.15, 0.2) is 0 Å². The van der Waals surface area contributed by atoms with Gasteiger partial charge >= 0.3 is 0 Å². The summed E-state index contributed by atoms with van der Waals surface area (Å²) in [7, 11) is 0. The van der Waals surface area contributed by atoms with Gasteiger partial charge in [-0.15, -0.1) is 11.3 Å². The molecule has 0 aliphatic carbocycles. The Morgan fingerprint density at radius 3 is 2.56 bits per heavy atom. The number of aromatic amines is 1. The van der Waals surface area contributed by atoms with Crippen LogP contribution in [0.25, 0.3) is 10.4 Å². The van der Waals surface area contributed by atoms with Gasteiger partial charge in [-0.2, -0.15) is 0 Å². The second-order valence-electron chi connectivity index (χ2n) is 9.22. The number of H-pyrrole nitrogens is 1. The number of carbonyl (C=O) groups excluding carboxylic acids is 2. The average molecular weight is 482 g/mol. The van der Waals surface area contributed by atoms with E-state index in [1.54, 1.807) is 17.5 Å². The van der Waals surface area contributed by atoms with Gasteiger partial charge in [-0.1, -0.05) is 38.1 Å². The lowest BCUT2D eigenvalue weighted by molar-refractivity contribution is -0.140. The van der Waals surface area contributed by atoms with E-state index in [9.17, 15) is 14.7 Å². The maximum absolute atomic E-state index is 13.5. The minimum Gasteiger partial charge on any atom is -0.391 e. The highest BCUT2D eigenvalue weighted by Crippen LogP contribution is 2.30. The average Bonchev–Trinajstić information content (AvgIpc) is 3.52. The monoisotopic (exact) mass is 481 g/mol. The fourth-order valence-electron chi connectivity index (χ4n) is 4.52. The Bertz CT molecular complexity index is 1150. The molecule has 1 unspecified atom stereocenters. The number of hydrogen-bond acceptors (Lipinski definition) is 6. The number of aromatic nitrogens is 3. The molecule has 2 amide bonds. The molecule has 8 nitrogen and oxygen atoms in total. The van der Waals surface area contributed by atoms with Crippen molar-refractivity contribution in [1.82, 2.24) is 25.2 Å². The lowest BCUT2D eigenvalue weighted by atomic mass is 9.91. The summed E-state index contributed by atoms with van der Waals surface area (Å²) >= 11 is 1.60. The Kier molecular flexibility index (Phi) is 7.13. The summed E-state index contributed by atoms with van der Waals surface area (Å²) < 4.78 is 0. The smallest absolute Gasteiger partial charge is 0.243 e. The van der Waals surface area contributed by atoms with Crippen LogP contribution in [-0.2, 0) is 16.1 Å². The maximum Gasteiger partial charge on any atom is 0.243 e. The number of thiazole rings is 1. The number of aryl methyl sites for hydroxylation is 2. The van der Waals surface area contributed by atoms with Crippen molar-refractivity contribution in [3.8, 4) is 10.4 Å². The van der Waals surface area contributed by atoms with Gasteiger partial charge in [0.1, 0.15) is 11.9 Å². The third-order valence-corrected chi connectivity index (χ3v) is 7.26. The molecule has 3 atom stereocenters. The molecule has 0 bridgehead atoms. The number of nitrogens with one attached hydrogen (secondary N) is 2. The van der Waals surface area contributed by atoms with Crippen LogP contribution >= 0.6 is 11.3 Å². The molecule has 180 valence electrons. The maximum atomic E-state index is 13.5. The molecule has 3 heterocycles. The van der Waals surface area contributed by atoms with Crippen LogP contribution < -0.4 is 5.32 Å². The number of hydrogen-bond donors (Lipinski definition) is 3. The largest absolute Gasteiger partial charge is 0.391 e. The van der Waals surface area contributed by atoms with Crippen LogP contribution in [0.3, 0.4) is 0 Å². The number of likely N-dealkylation sites (tertiary alicyclic amines) is 1. The lowest BCUT2D eigenvalue weighted by Gasteiger charge is -2.29. The molecule has 3 aromatic rings. The van der Waals surface area contributed by atoms with Crippen molar-refractivity contribution in [3.63, 3.8) is 0 Å². The van der Waals surface area contributed by atoms with Crippen LogP contribution in [0.2, 0.25) is 0 Å². The molecule has 1 saturated heterocycles. The molecule has 2 aromatic heterocycles. The molecule has 0 spiro atoms. The minimum absolute atomic E-state index is 0.00880. The Labute approximate surface area is 203 Å². The molecule has 9 heteroatoms. The molecular weight excluding hydrogens is 450 g/mol. The summed E-state index contributed by atoms with van der Waals surface area (Å²) in [5, 5.41) is 13.2. The summed E-state index contributed by atoms with van der Waals surface area (Å²) in [4.78, 5) is 40.9. The van der Waals surface area contributed by atoms with Gasteiger partial charge in [-0.3, -0.25) is 9.59 Å². The van der Waals surface area contributed by atoms with E-state index in [0.717, 1.165) is 33.2 Å². The number of nitrogens with zero attached hydrogens (tertiary/aromatic N) is 3. The van der Waals surface area contributed by atoms with Crippen LogP contribution in [0.1, 0.15) is 49.0 Å². The molecule has 1 aliphatic rings. The van der Waals surface area contributed by atoms with Gasteiger partial charge in [0.2, 0.25) is 11.8 Å². The van der Waals surface area contributed by atoms with Crippen LogP contribution in [-0.4, -0.2) is 55.5 Å². The summed E-state index contributed by atoms with van der Waals surface area (Å²) in [6.45, 7) is 8.26. The van der Waals surface area contributed by atoms with E-state index < -0.39 is 18.1 Å². The Morgan fingerprint density at radius 2 is 1.97 bits per heavy atom. The van der Waals surface area contributed by atoms with Crippen molar-refractivity contribution >= 4 is 23.2 Å². The van der Waals surface area contributed by atoms with Crippen molar-refractivity contribution in [2.45, 2.75) is 58.7 Å². The minimum atomic E-state index is -0.724. The Balaban J connectivity index is 1.43. The quantitative estimate of drug-likeness (QED) is 0.480. The molecule has 1 fully saturated rings. The van der Waals surface area contributed by atoms with E-state index in [4.69, 9.17) is 0 Å². The highest BCUT2D eigenvalue weighted by Gasteiger charge is 2.42. The number of aliphatic hydroxyl groups is 1. The van der Waals surface area contributed by atoms with Gasteiger partial charge in [0.25, 0.3) is 0 Å². The Morgan fingerprint density at radius 1 is 1.24 bits per heavy atom. The molecule has 34 heavy (non-hydrogen) atoms. The summed E-state index contributed by atoms with van der Waals surface area (Å²) in [5.41, 5.74) is 5.62. The first-order chi connectivity index (χ1) is 16.2. The third kappa shape index (κ3) is 5.05. The zero-order valence-electron chi connectivity index (χ0n) is 19.9. The highest BCUT2D eigenvalue weighted by atomic mass is 32.1. The van der Waals surface area contributed by atoms with E-state index in [2.05, 4.69) is 20.3 Å². The number of amides is 2. The van der Waals surface area contributed by atoms with Gasteiger partial charge in [-0.05, 0) is 30.9 Å². The van der Waals surface area contributed by atoms with Gasteiger partial charge < -0.3 is 20.3 Å². The first kappa shape index (κ1) is 24.1. The van der Waals surface area contributed by atoms with E-state index in [1.807, 2.05) is 57.5 Å². The highest BCUT2D eigenvalue weighted by molar-refractivity contribution is 7.13. The molecular formula is C25H31N5O3S. The predicted molar refractivity (Wildman–Crippen MR) is 131 cm³/mol. The second-order valence-corrected chi connectivity index (χ2v) is 10.1. The van der Waals surface area contributed by atoms with Gasteiger partial charge in [-0.25, -0.2) is 9.97 Å². The molecule has 3 N–H and O–H groups in total. The number of rotatable bonds is 7. The normalized spacial score (nSPS) is 18.9. The number of aliphatic hydroxyl groups excluding tert-OH is 1. The van der Waals surface area contributed by atoms with Gasteiger partial charge in [0, 0.05) is 31.4 Å². The number of imidazole rings is 1. The van der Waals surface area contributed by atoms with Crippen LogP contribution in [0.4, 0.5) is 0 Å². The number of benzene rings is 1. The fraction of sp³-hybridized carbons (Fsp3) is 0.440. The first-order valence-electron chi connectivity index (χ1n) is 11.5. The number of β-amino-alcohol motifs (C(OH)–C–C–N with tert-alkyl or cyclic N) is 1. The van der Waals surface area contributed by atoms with E-state index in [-0.39, 0.29) is 30.7 Å². The van der Waals surface area contributed by atoms with Crippen LogP contribution in [0, 0.1) is 19.8 Å².